The molecular formula is C21H30Cl2N2O2. The molecule has 6 heteroatoms. The van der Waals surface area contributed by atoms with Crippen molar-refractivity contribution in [2.75, 3.05) is 39.4 Å². The van der Waals surface area contributed by atoms with Gasteiger partial charge in [-0.2, -0.15) is 0 Å². The number of morpholine rings is 1. The Morgan fingerprint density at radius 2 is 1.56 bits per heavy atom. The minimum absolute atomic E-state index is 0. The van der Waals surface area contributed by atoms with Crippen LogP contribution in [0, 0.1) is 6.92 Å². The lowest BCUT2D eigenvalue weighted by atomic mass is 10.2. The van der Waals surface area contributed by atoms with Gasteiger partial charge in [0.25, 0.3) is 0 Å². The highest BCUT2D eigenvalue weighted by atomic mass is 35.5. The predicted molar refractivity (Wildman–Crippen MR) is 115 cm³/mol. The molecule has 0 amide bonds. The number of hydrogen-bond donors (Lipinski definition) is 1. The molecule has 1 aliphatic heterocycles. The largest absolute Gasteiger partial charge is 0.489 e. The Hall–Kier alpha value is -1.30. The van der Waals surface area contributed by atoms with Gasteiger partial charge in [-0.05, 0) is 30.2 Å². The number of hydrogen-bond acceptors (Lipinski definition) is 4. The summed E-state index contributed by atoms with van der Waals surface area (Å²) < 4.78 is 11.2. The average molecular weight is 413 g/mol. The number of benzene rings is 2. The number of nitrogens with zero attached hydrogens (tertiary/aromatic N) is 1. The van der Waals surface area contributed by atoms with Gasteiger partial charge >= 0.3 is 0 Å². The van der Waals surface area contributed by atoms with E-state index in [9.17, 15) is 0 Å². The lowest BCUT2D eigenvalue weighted by molar-refractivity contribution is 0.0384. The summed E-state index contributed by atoms with van der Waals surface area (Å²) in [5.74, 6) is 0.914. The van der Waals surface area contributed by atoms with Gasteiger partial charge in [0.15, 0.2) is 0 Å². The first-order valence-corrected chi connectivity index (χ1v) is 9.08. The third kappa shape index (κ3) is 8.50. The molecule has 2 aromatic carbocycles. The number of nitrogens with one attached hydrogen (secondary N) is 1. The molecule has 0 bridgehead atoms. The smallest absolute Gasteiger partial charge is 0.119 e. The molecule has 1 heterocycles. The highest BCUT2D eigenvalue weighted by Gasteiger charge is 2.08. The minimum Gasteiger partial charge on any atom is -0.489 e. The van der Waals surface area contributed by atoms with Crippen LogP contribution in [0.5, 0.6) is 5.75 Å². The van der Waals surface area contributed by atoms with Crippen LogP contribution in [-0.2, 0) is 17.9 Å². The molecule has 1 aliphatic rings. The summed E-state index contributed by atoms with van der Waals surface area (Å²) in [5, 5.41) is 3.51. The highest BCUT2D eigenvalue weighted by Crippen LogP contribution is 2.14. The van der Waals surface area contributed by atoms with Gasteiger partial charge in [0.05, 0.1) is 13.2 Å². The van der Waals surface area contributed by atoms with Crippen molar-refractivity contribution in [2.24, 2.45) is 0 Å². The van der Waals surface area contributed by atoms with Gasteiger partial charge in [-0.3, -0.25) is 4.90 Å². The molecule has 0 aromatic heterocycles. The molecular weight excluding hydrogens is 383 g/mol. The maximum Gasteiger partial charge on any atom is 0.119 e. The Kier molecular flexibility index (Phi) is 11.4. The van der Waals surface area contributed by atoms with Crippen molar-refractivity contribution in [2.45, 2.75) is 20.1 Å². The summed E-state index contributed by atoms with van der Waals surface area (Å²) >= 11 is 0. The van der Waals surface area contributed by atoms with E-state index < -0.39 is 0 Å². The van der Waals surface area contributed by atoms with Crippen LogP contribution in [0.3, 0.4) is 0 Å². The minimum atomic E-state index is 0. The summed E-state index contributed by atoms with van der Waals surface area (Å²) in [6.07, 6.45) is 0. The van der Waals surface area contributed by atoms with Crippen LogP contribution in [0.15, 0.2) is 48.5 Å². The zero-order chi connectivity index (χ0) is 17.3. The summed E-state index contributed by atoms with van der Waals surface area (Å²) in [4.78, 5) is 2.44. The maximum absolute atomic E-state index is 5.85. The van der Waals surface area contributed by atoms with Crippen molar-refractivity contribution in [3.05, 3.63) is 65.2 Å². The highest BCUT2D eigenvalue weighted by molar-refractivity contribution is 5.85. The topological polar surface area (TPSA) is 33.7 Å². The van der Waals surface area contributed by atoms with E-state index in [0.29, 0.717) is 6.61 Å². The molecule has 2 aromatic rings. The van der Waals surface area contributed by atoms with Crippen molar-refractivity contribution in [1.82, 2.24) is 10.2 Å². The van der Waals surface area contributed by atoms with Gasteiger partial charge < -0.3 is 14.8 Å². The van der Waals surface area contributed by atoms with Gasteiger partial charge in [-0.25, -0.2) is 0 Å². The first-order chi connectivity index (χ1) is 12.3. The molecule has 150 valence electrons. The van der Waals surface area contributed by atoms with E-state index in [2.05, 4.69) is 53.5 Å². The Labute approximate surface area is 175 Å². The van der Waals surface area contributed by atoms with Gasteiger partial charge in [0.2, 0.25) is 0 Å². The van der Waals surface area contributed by atoms with E-state index >= 15 is 0 Å². The number of rotatable bonds is 8. The van der Waals surface area contributed by atoms with Crippen LogP contribution < -0.4 is 10.1 Å². The summed E-state index contributed by atoms with van der Waals surface area (Å²) in [5.41, 5.74) is 3.75. The third-order valence-corrected chi connectivity index (χ3v) is 4.49. The van der Waals surface area contributed by atoms with E-state index in [-0.39, 0.29) is 24.8 Å². The van der Waals surface area contributed by atoms with Gasteiger partial charge in [-0.1, -0.05) is 42.0 Å². The summed E-state index contributed by atoms with van der Waals surface area (Å²) in [6.45, 7) is 9.52. The average Bonchev–Trinajstić information content (AvgIpc) is 2.67. The normalized spacial score (nSPS) is 14.1. The van der Waals surface area contributed by atoms with E-state index in [1.165, 1.54) is 16.7 Å². The third-order valence-electron chi connectivity index (χ3n) is 4.49. The molecule has 0 atom stereocenters. The fourth-order valence-electron chi connectivity index (χ4n) is 2.85. The Morgan fingerprint density at radius 3 is 2.22 bits per heavy atom. The molecule has 0 spiro atoms. The van der Waals surface area contributed by atoms with Crippen LogP contribution in [-0.4, -0.2) is 44.3 Å². The Bertz CT molecular complexity index is 630. The van der Waals surface area contributed by atoms with E-state index in [1.807, 2.05) is 12.1 Å². The molecule has 27 heavy (non-hydrogen) atoms. The maximum atomic E-state index is 5.85. The fraction of sp³-hybridized carbons (Fsp3) is 0.429. The van der Waals surface area contributed by atoms with E-state index in [1.54, 1.807) is 0 Å². The summed E-state index contributed by atoms with van der Waals surface area (Å²) in [7, 11) is 0. The lowest BCUT2D eigenvalue weighted by Crippen LogP contribution is -2.40. The zero-order valence-corrected chi connectivity index (χ0v) is 17.5. The molecule has 1 saturated heterocycles. The fourth-order valence-corrected chi connectivity index (χ4v) is 2.85. The molecule has 3 rings (SSSR count). The van der Waals surface area contributed by atoms with Gasteiger partial charge in [0, 0.05) is 32.7 Å². The molecule has 0 aliphatic carbocycles. The van der Waals surface area contributed by atoms with Crippen molar-refractivity contribution < 1.29 is 9.47 Å². The lowest BCUT2D eigenvalue weighted by Gasteiger charge is -2.26. The Morgan fingerprint density at radius 1 is 0.926 bits per heavy atom. The second-order valence-corrected chi connectivity index (χ2v) is 6.55. The molecule has 0 unspecified atom stereocenters. The first-order valence-electron chi connectivity index (χ1n) is 9.08. The predicted octanol–water partition coefficient (Wildman–Crippen LogP) is 3.84. The number of ether oxygens (including phenoxy) is 2. The van der Waals surface area contributed by atoms with Crippen LogP contribution in [0.1, 0.15) is 16.7 Å². The molecule has 1 fully saturated rings. The van der Waals surface area contributed by atoms with E-state index in [4.69, 9.17) is 9.47 Å². The Balaban J connectivity index is 0.00000182. The van der Waals surface area contributed by atoms with Gasteiger partial charge in [-0.15, -0.1) is 24.8 Å². The van der Waals surface area contributed by atoms with E-state index in [0.717, 1.165) is 51.7 Å². The monoisotopic (exact) mass is 412 g/mol. The zero-order valence-electron chi connectivity index (χ0n) is 15.9. The van der Waals surface area contributed by atoms with Gasteiger partial charge in [0.1, 0.15) is 12.4 Å². The van der Waals surface area contributed by atoms with Crippen LogP contribution in [0.2, 0.25) is 0 Å². The van der Waals surface area contributed by atoms with Crippen molar-refractivity contribution in [1.29, 1.82) is 0 Å². The van der Waals surface area contributed by atoms with Crippen molar-refractivity contribution in [3.63, 3.8) is 0 Å². The molecule has 4 nitrogen and oxygen atoms in total. The first kappa shape index (κ1) is 23.7. The molecule has 0 radical (unpaired) electrons. The quantitative estimate of drug-likeness (QED) is 0.667. The van der Waals surface area contributed by atoms with Crippen LogP contribution in [0.4, 0.5) is 0 Å². The summed E-state index contributed by atoms with van der Waals surface area (Å²) in [6, 6.07) is 16.8. The molecule has 0 saturated carbocycles. The SMILES string of the molecule is Cc1ccc(COc2ccc(CNCCN3CCOCC3)cc2)cc1.Cl.Cl. The van der Waals surface area contributed by atoms with Crippen LogP contribution >= 0.6 is 24.8 Å². The number of aryl methyl sites for hydroxylation is 1. The van der Waals surface area contributed by atoms with Crippen molar-refractivity contribution in [3.8, 4) is 5.75 Å². The second kappa shape index (κ2) is 13.0. The van der Waals surface area contributed by atoms with Crippen LogP contribution in [0.25, 0.3) is 0 Å². The second-order valence-electron chi connectivity index (χ2n) is 6.55. The molecule has 1 N–H and O–H groups in total. The van der Waals surface area contributed by atoms with Crippen molar-refractivity contribution >= 4 is 24.8 Å². The standard InChI is InChI=1S/C21H28N2O2.2ClH/c1-18-2-4-20(5-3-18)17-25-21-8-6-19(7-9-21)16-22-10-11-23-12-14-24-15-13-23;;/h2-9,22H,10-17H2,1H3;2*1H. The number of halogens is 2.